The predicted molar refractivity (Wildman–Crippen MR) is 116 cm³/mol. The second kappa shape index (κ2) is 9.48. The van der Waals surface area contributed by atoms with Gasteiger partial charge in [0.1, 0.15) is 17.6 Å². The molecular formula is C24H27NO5. The fourth-order valence-electron chi connectivity index (χ4n) is 3.27. The number of anilines is 1. The van der Waals surface area contributed by atoms with Gasteiger partial charge in [-0.25, -0.2) is 4.79 Å². The lowest BCUT2D eigenvalue weighted by Crippen LogP contribution is -2.20. The molecule has 1 N–H and O–H groups in total. The van der Waals surface area contributed by atoms with Crippen LogP contribution in [0.1, 0.15) is 36.1 Å². The fraction of sp³-hybridized carbons (Fsp3) is 0.333. The van der Waals surface area contributed by atoms with Crippen LogP contribution >= 0.6 is 0 Å². The van der Waals surface area contributed by atoms with Crippen LogP contribution in [0, 0.1) is 13.8 Å². The lowest BCUT2D eigenvalue weighted by molar-refractivity contribution is -0.142. The van der Waals surface area contributed by atoms with Gasteiger partial charge in [0.25, 0.3) is 5.91 Å². The van der Waals surface area contributed by atoms with Gasteiger partial charge in [-0.2, -0.15) is 0 Å². The van der Waals surface area contributed by atoms with Crippen LogP contribution < -0.4 is 14.8 Å². The van der Waals surface area contributed by atoms with Crippen molar-refractivity contribution < 1.29 is 23.8 Å². The number of hydrogen-bond acceptors (Lipinski definition) is 5. The molecule has 0 saturated carbocycles. The van der Waals surface area contributed by atoms with E-state index in [1.807, 2.05) is 58.0 Å². The summed E-state index contributed by atoms with van der Waals surface area (Å²) in [5.74, 6) is 0.487. The Hall–Kier alpha value is -3.28. The van der Waals surface area contributed by atoms with Gasteiger partial charge in [0.05, 0.1) is 6.61 Å². The molecular weight excluding hydrogens is 382 g/mol. The number of aryl methyl sites for hydroxylation is 2. The van der Waals surface area contributed by atoms with E-state index in [9.17, 15) is 9.59 Å². The normalized spacial score (nSPS) is 14.9. The van der Waals surface area contributed by atoms with Gasteiger partial charge in [-0.1, -0.05) is 12.1 Å². The average molecular weight is 409 g/mol. The summed E-state index contributed by atoms with van der Waals surface area (Å²) in [7, 11) is 0. The van der Waals surface area contributed by atoms with E-state index < -0.39 is 5.97 Å². The maximum absolute atomic E-state index is 12.1. The Morgan fingerprint density at radius 3 is 2.80 bits per heavy atom. The van der Waals surface area contributed by atoms with Crippen molar-refractivity contribution in [1.82, 2.24) is 0 Å². The first-order valence-electron chi connectivity index (χ1n) is 10.0. The minimum absolute atomic E-state index is 0.120. The van der Waals surface area contributed by atoms with E-state index in [2.05, 4.69) is 5.32 Å². The minimum atomic E-state index is -0.608. The molecule has 158 valence electrons. The fourth-order valence-corrected chi connectivity index (χ4v) is 3.27. The zero-order valence-electron chi connectivity index (χ0n) is 17.8. The molecule has 1 amide bonds. The van der Waals surface area contributed by atoms with Crippen LogP contribution in [0.3, 0.4) is 0 Å². The number of rotatable bonds is 7. The van der Waals surface area contributed by atoms with Crippen LogP contribution in [0.2, 0.25) is 0 Å². The van der Waals surface area contributed by atoms with Crippen molar-refractivity contribution in [3.05, 3.63) is 58.7 Å². The van der Waals surface area contributed by atoms with Crippen molar-refractivity contribution >= 4 is 23.6 Å². The van der Waals surface area contributed by atoms with Crippen LogP contribution in [0.4, 0.5) is 5.69 Å². The van der Waals surface area contributed by atoms with Crippen molar-refractivity contribution in [2.75, 3.05) is 18.5 Å². The number of esters is 1. The highest BCUT2D eigenvalue weighted by molar-refractivity contribution is 5.95. The second-order valence-electron chi connectivity index (χ2n) is 7.37. The van der Waals surface area contributed by atoms with Crippen molar-refractivity contribution in [1.29, 1.82) is 0 Å². The van der Waals surface area contributed by atoms with Gasteiger partial charge in [-0.15, -0.1) is 0 Å². The Labute approximate surface area is 176 Å². The van der Waals surface area contributed by atoms with Crippen LogP contribution in [-0.4, -0.2) is 31.2 Å². The van der Waals surface area contributed by atoms with Gasteiger partial charge in [-0.05, 0) is 63.1 Å². The van der Waals surface area contributed by atoms with E-state index in [1.54, 1.807) is 6.08 Å². The van der Waals surface area contributed by atoms with E-state index in [0.717, 1.165) is 34.4 Å². The Balaban J connectivity index is 1.60. The summed E-state index contributed by atoms with van der Waals surface area (Å²) in [4.78, 5) is 24.2. The molecule has 1 heterocycles. The first kappa shape index (κ1) is 21.4. The SMILES string of the molecule is CCOc1cc2c(cc1/C=C/C(=O)OCC(=O)Nc1cc(C)ccc1C)O[C@H](C)C2. The summed E-state index contributed by atoms with van der Waals surface area (Å²) in [6.07, 6.45) is 3.85. The number of carbonyl (C=O) groups is 2. The van der Waals surface area contributed by atoms with E-state index in [-0.39, 0.29) is 18.6 Å². The summed E-state index contributed by atoms with van der Waals surface area (Å²) in [5.41, 5.74) is 4.50. The third kappa shape index (κ3) is 5.41. The smallest absolute Gasteiger partial charge is 0.331 e. The Morgan fingerprint density at radius 2 is 2.03 bits per heavy atom. The minimum Gasteiger partial charge on any atom is -0.493 e. The molecule has 0 aromatic heterocycles. The molecule has 1 aliphatic rings. The van der Waals surface area contributed by atoms with Gasteiger partial charge >= 0.3 is 5.97 Å². The molecule has 1 aliphatic heterocycles. The van der Waals surface area contributed by atoms with Crippen molar-refractivity contribution in [3.63, 3.8) is 0 Å². The highest BCUT2D eigenvalue weighted by Gasteiger charge is 2.21. The summed E-state index contributed by atoms with van der Waals surface area (Å²) in [6.45, 7) is 7.92. The molecule has 0 spiro atoms. The number of ether oxygens (including phenoxy) is 3. The molecule has 0 bridgehead atoms. The van der Waals surface area contributed by atoms with Crippen LogP contribution in [0.5, 0.6) is 11.5 Å². The number of fused-ring (bicyclic) bond motifs is 1. The first-order valence-corrected chi connectivity index (χ1v) is 10.0. The van der Waals surface area contributed by atoms with E-state index >= 15 is 0 Å². The molecule has 6 heteroatoms. The highest BCUT2D eigenvalue weighted by atomic mass is 16.5. The second-order valence-corrected chi connectivity index (χ2v) is 7.37. The van der Waals surface area contributed by atoms with Gasteiger partial charge in [0, 0.05) is 29.3 Å². The van der Waals surface area contributed by atoms with Crippen molar-refractivity contribution in [2.45, 2.75) is 40.2 Å². The van der Waals surface area contributed by atoms with Crippen LogP contribution in [0.25, 0.3) is 6.08 Å². The average Bonchev–Trinajstić information content (AvgIpc) is 3.06. The molecule has 0 unspecified atom stereocenters. The Kier molecular flexibility index (Phi) is 6.77. The predicted octanol–water partition coefficient (Wildman–Crippen LogP) is 4.22. The summed E-state index contributed by atoms with van der Waals surface area (Å²) in [6, 6.07) is 9.58. The van der Waals surface area contributed by atoms with Gasteiger partial charge in [-0.3, -0.25) is 4.79 Å². The quantitative estimate of drug-likeness (QED) is 0.547. The van der Waals surface area contributed by atoms with Crippen molar-refractivity contribution in [2.24, 2.45) is 0 Å². The number of nitrogens with one attached hydrogen (secondary N) is 1. The molecule has 0 radical (unpaired) electrons. The highest BCUT2D eigenvalue weighted by Crippen LogP contribution is 2.35. The molecule has 2 aromatic rings. The lowest BCUT2D eigenvalue weighted by atomic mass is 10.1. The zero-order valence-corrected chi connectivity index (χ0v) is 17.8. The monoisotopic (exact) mass is 409 g/mol. The molecule has 0 fully saturated rings. The Bertz CT molecular complexity index is 980. The molecule has 0 aliphatic carbocycles. The van der Waals surface area contributed by atoms with Crippen LogP contribution in [-0.2, 0) is 20.7 Å². The molecule has 3 rings (SSSR count). The molecule has 1 atom stereocenters. The summed E-state index contributed by atoms with van der Waals surface area (Å²) < 4.78 is 16.5. The molecule has 6 nitrogen and oxygen atoms in total. The van der Waals surface area contributed by atoms with Crippen molar-refractivity contribution in [3.8, 4) is 11.5 Å². The van der Waals surface area contributed by atoms with Crippen LogP contribution in [0.15, 0.2) is 36.4 Å². The molecule has 30 heavy (non-hydrogen) atoms. The van der Waals surface area contributed by atoms with Gasteiger partial charge < -0.3 is 19.5 Å². The first-order chi connectivity index (χ1) is 14.4. The molecule has 0 saturated heterocycles. The maximum atomic E-state index is 12.1. The standard InChI is InChI=1S/C24H27NO5/c1-5-28-21-13-19-11-17(4)30-22(19)12-18(21)8-9-24(27)29-14-23(26)25-20-10-15(2)6-7-16(20)3/h6-10,12-13,17H,5,11,14H2,1-4H3,(H,25,26)/b9-8+/t17-/m1/s1. The number of amides is 1. The Morgan fingerprint density at radius 1 is 1.23 bits per heavy atom. The topological polar surface area (TPSA) is 73.9 Å². The van der Waals surface area contributed by atoms with Gasteiger partial charge in [0.15, 0.2) is 6.61 Å². The number of hydrogen-bond donors (Lipinski definition) is 1. The van der Waals surface area contributed by atoms with Gasteiger partial charge in [0.2, 0.25) is 0 Å². The summed E-state index contributed by atoms with van der Waals surface area (Å²) in [5, 5.41) is 2.76. The molecule has 2 aromatic carbocycles. The lowest BCUT2D eigenvalue weighted by Gasteiger charge is -2.10. The number of carbonyl (C=O) groups excluding carboxylic acids is 2. The van der Waals surface area contributed by atoms with E-state index in [1.165, 1.54) is 6.08 Å². The largest absolute Gasteiger partial charge is 0.493 e. The zero-order chi connectivity index (χ0) is 21.7. The number of benzene rings is 2. The third-order valence-corrected chi connectivity index (χ3v) is 4.74. The van der Waals surface area contributed by atoms with E-state index in [0.29, 0.717) is 18.0 Å². The van der Waals surface area contributed by atoms with E-state index in [4.69, 9.17) is 14.2 Å². The maximum Gasteiger partial charge on any atom is 0.331 e. The summed E-state index contributed by atoms with van der Waals surface area (Å²) >= 11 is 0. The third-order valence-electron chi connectivity index (χ3n) is 4.74.